The number of rotatable bonds is 6. The average molecular weight is 364 g/mol. The summed E-state index contributed by atoms with van der Waals surface area (Å²) in [6.07, 6.45) is 3.11. The Morgan fingerprint density at radius 3 is 2.88 bits per heavy atom. The molecule has 0 bridgehead atoms. The molecule has 0 amide bonds. The Labute approximate surface area is 151 Å². The highest BCUT2D eigenvalue weighted by Crippen LogP contribution is 2.18. The van der Waals surface area contributed by atoms with Crippen LogP contribution < -0.4 is 10.6 Å². The van der Waals surface area contributed by atoms with Gasteiger partial charge in [0.25, 0.3) is 0 Å². The van der Waals surface area contributed by atoms with Crippen molar-refractivity contribution in [1.82, 2.24) is 20.8 Å². The van der Waals surface area contributed by atoms with Crippen LogP contribution in [0.4, 0.5) is 0 Å². The van der Waals surface area contributed by atoms with Gasteiger partial charge in [0.1, 0.15) is 0 Å². The van der Waals surface area contributed by atoms with Crippen molar-refractivity contribution in [3.63, 3.8) is 0 Å². The van der Waals surface area contributed by atoms with Crippen LogP contribution in [0.15, 0.2) is 33.8 Å². The molecule has 1 fully saturated rings. The highest BCUT2D eigenvalue weighted by Gasteiger charge is 2.15. The number of guanidine groups is 1. The third kappa shape index (κ3) is 5.17. The summed E-state index contributed by atoms with van der Waals surface area (Å²) >= 11 is 5.89. The predicted octanol–water partition coefficient (Wildman–Crippen LogP) is 2.28. The van der Waals surface area contributed by atoms with Crippen molar-refractivity contribution < 1.29 is 9.26 Å². The molecule has 0 saturated carbocycles. The van der Waals surface area contributed by atoms with Crippen molar-refractivity contribution in [3.8, 4) is 11.4 Å². The van der Waals surface area contributed by atoms with Gasteiger partial charge in [0.2, 0.25) is 11.7 Å². The number of hydrogen-bond donors (Lipinski definition) is 2. The fourth-order valence-electron chi connectivity index (χ4n) is 2.60. The van der Waals surface area contributed by atoms with Crippen LogP contribution in [0.1, 0.15) is 18.7 Å². The first-order valence-corrected chi connectivity index (χ1v) is 8.77. The van der Waals surface area contributed by atoms with Crippen LogP contribution >= 0.6 is 11.6 Å². The van der Waals surface area contributed by atoms with Gasteiger partial charge >= 0.3 is 0 Å². The van der Waals surface area contributed by atoms with E-state index in [1.54, 1.807) is 19.2 Å². The van der Waals surface area contributed by atoms with Crippen LogP contribution in [-0.2, 0) is 11.2 Å². The van der Waals surface area contributed by atoms with E-state index < -0.39 is 0 Å². The standard InChI is InChI=1S/C17H22ClN5O2/c1-19-17(21-11-14-3-2-10-24-14)20-9-8-15-22-16(23-25-15)12-4-6-13(18)7-5-12/h4-7,14H,2-3,8-11H2,1H3,(H2,19,20,21). The Balaban J connectivity index is 1.44. The first-order valence-electron chi connectivity index (χ1n) is 8.39. The highest BCUT2D eigenvalue weighted by molar-refractivity contribution is 6.30. The summed E-state index contributed by atoms with van der Waals surface area (Å²) in [7, 11) is 1.75. The molecule has 1 aromatic carbocycles. The minimum atomic E-state index is 0.274. The van der Waals surface area contributed by atoms with Crippen molar-refractivity contribution in [1.29, 1.82) is 0 Å². The number of hydrogen-bond acceptors (Lipinski definition) is 5. The number of benzene rings is 1. The molecule has 1 aromatic heterocycles. The maximum atomic E-state index is 5.89. The summed E-state index contributed by atoms with van der Waals surface area (Å²) in [5.41, 5.74) is 0.876. The Morgan fingerprint density at radius 1 is 1.32 bits per heavy atom. The molecule has 3 rings (SSSR count). The Morgan fingerprint density at radius 2 is 2.16 bits per heavy atom. The molecule has 7 nitrogen and oxygen atoms in total. The quantitative estimate of drug-likeness (QED) is 0.605. The van der Waals surface area contributed by atoms with Gasteiger partial charge in [-0.2, -0.15) is 4.98 Å². The second-order valence-electron chi connectivity index (χ2n) is 5.78. The third-order valence-electron chi connectivity index (χ3n) is 3.95. The normalized spacial score (nSPS) is 17.7. The topological polar surface area (TPSA) is 84.6 Å². The molecule has 2 N–H and O–H groups in total. The van der Waals surface area contributed by atoms with Crippen LogP contribution in [0.5, 0.6) is 0 Å². The number of halogens is 1. The van der Waals surface area contributed by atoms with E-state index in [2.05, 4.69) is 25.8 Å². The number of nitrogens with zero attached hydrogens (tertiary/aromatic N) is 3. The van der Waals surface area contributed by atoms with Gasteiger partial charge in [-0.25, -0.2) is 0 Å². The summed E-state index contributed by atoms with van der Waals surface area (Å²) in [4.78, 5) is 8.60. The van der Waals surface area contributed by atoms with Gasteiger partial charge in [-0.15, -0.1) is 0 Å². The lowest BCUT2D eigenvalue weighted by molar-refractivity contribution is 0.114. The molecule has 1 atom stereocenters. The van der Waals surface area contributed by atoms with E-state index in [-0.39, 0.29) is 6.10 Å². The summed E-state index contributed by atoms with van der Waals surface area (Å²) in [5, 5.41) is 11.2. The van der Waals surface area contributed by atoms with Crippen molar-refractivity contribution in [2.24, 2.45) is 4.99 Å². The first kappa shape index (κ1) is 17.7. The van der Waals surface area contributed by atoms with Crippen LogP contribution in [0.25, 0.3) is 11.4 Å². The van der Waals surface area contributed by atoms with Crippen LogP contribution in [0.3, 0.4) is 0 Å². The molecule has 1 saturated heterocycles. The van der Waals surface area contributed by atoms with Gasteiger partial charge in [0.15, 0.2) is 5.96 Å². The second kappa shape index (κ2) is 8.82. The summed E-state index contributed by atoms with van der Waals surface area (Å²) < 4.78 is 10.9. The molecular formula is C17H22ClN5O2. The zero-order valence-corrected chi connectivity index (χ0v) is 14.9. The van der Waals surface area contributed by atoms with Crippen molar-refractivity contribution in [2.75, 3.05) is 26.7 Å². The molecule has 134 valence electrons. The van der Waals surface area contributed by atoms with Crippen LogP contribution in [-0.4, -0.2) is 48.9 Å². The summed E-state index contributed by atoms with van der Waals surface area (Å²) in [5.74, 6) is 1.88. The molecule has 0 aliphatic carbocycles. The lowest BCUT2D eigenvalue weighted by atomic mass is 10.2. The molecule has 25 heavy (non-hydrogen) atoms. The van der Waals surface area contributed by atoms with E-state index in [0.29, 0.717) is 29.7 Å². The van der Waals surface area contributed by atoms with Crippen LogP contribution in [0.2, 0.25) is 5.02 Å². The third-order valence-corrected chi connectivity index (χ3v) is 4.20. The predicted molar refractivity (Wildman–Crippen MR) is 96.8 cm³/mol. The maximum Gasteiger partial charge on any atom is 0.228 e. The molecule has 1 unspecified atom stereocenters. The minimum Gasteiger partial charge on any atom is -0.376 e. The number of nitrogens with one attached hydrogen (secondary N) is 2. The van der Waals surface area contributed by atoms with Gasteiger partial charge in [-0.05, 0) is 37.1 Å². The lowest BCUT2D eigenvalue weighted by Gasteiger charge is -2.14. The van der Waals surface area contributed by atoms with E-state index in [1.807, 2.05) is 12.1 Å². The van der Waals surface area contributed by atoms with E-state index >= 15 is 0 Å². The van der Waals surface area contributed by atoms with E-state index in [9.17, 15) is 0 Å². The van der Waals surface area contributed by atoms with Gasteiger partial charge in [-0.3, -0.25) is 4.99 Å². The molecule has 2 aromatic rings. The largest absolute Gasteiger partial charge is 0.376 e. The molecule has 8 heteroatoms. The van der Waals surface area contributed by atoms with Crippen molar-refractivity contribution >= 4 is 17.6 Å². The Bertz CT molecular complexity index is 695. The highest BCUT2D eigenvalue weighted by atomic mass is 35.5. The van der Waals surface area contributed by atoms with E-state index in [1.165, 1.54) is 0 Å². The number of aromatic nitrogens is 2. The zero-order chi connectivity index (χ0) is 17.5. The summed E-state index contributed by atoms with van der Waals surface area (Å²) in [6.45, 7) is 2.26. The molecular weight excluding hydrogens is 342 g/mol. The SMILES string of the molecule is CN=C(NCCc1nc(-c2ccc(Cl)cc2)no1)NCC1CCCO1. The monoisotopic (exact) mass is 363 g/mol. The minimum absolute atomic E-state index is 0.274. The van der Waals surface area contributed by atoms with Crippen LogP contribution in [0, 0.1) is 0 Å². The van der Waals surface area contributed by atoms with Crippen molar-refractivity contribution in [2.45, 2.75) is 25.4 Å². The smallest absolute Gasteiger partial charge is 0.228 e. The summed E-state index contributed by atoms with van der Waals surface area (Å²) in [6, 6.07) is 7.34. The van der Waals surface area contributed by atoms with Gasteiger partial charge in [0, 0.05) is 43.8 Å². The van der Waals surface area contributed by atoms with E-state index in [4.69, 9.17) is 20.9 Å². The maximum absolute atomic E-state index is 5.89. The average Bonchev–Trinajstić information content (AvgIpc) is 3.30. The fraction of sp³-hybridized carbons (Fsp3) is 0.471. The number of ether oxygens (including phenoxy) is 1. The second-order valence-corrected chi connectivity index (χ2v) is 6.22. The molecule has 1 aliphatic rings. The first-order chi connectivity index (χ1) is 12.2. The fourth-order valence-corrected chi connectivity index (χ4v) is 2.72. The lowest BCUT2D eigenvalue weighted by Crippen LogP contribution is -2.41. The number of aliphatic imine (C=N–C) groups is 1. The van der Waals surface area contributed by atoms with Gasteiger partial charge < -0.3 is 19.9 Å². The van der Waals surface area contributed by atoms with Gasteiger partial charge in [-0.1, -0.05) is 16.8 Å². The van der Waals surface area contributed by atoms with E-state index in [0.717, 1.165) is 37.5 Å². The molecule has 2 heterocycles. The molecule has 1 aliphatic heterocycles. The molecule has 0 radical (unpaired) electrons. The zero-order valence-electron chi connectivity index (χ0n) is 14.2. The van der Waals surface area contributed by atoms with Gasteiger partial charge in [0.05, 0.1) is 6.10 Å². The Kier molecular flexibility index (Phi) is 6.25. The van der Waals surface area contributed by atoms with Crippen molar-refractivity contribution in [3.05, 3.63) is 35.2 Å². The Hall–Kier alpha value is -2.12. The molecule has 0 spiro atoms.